The highest BCUT2D eigenvalue weighted by Gasteiger charge is 2.71. The van der Waals surface area contributed by atoms with Crippen LogP contribution in [0.3, 0.4) is 0 Å². The van der Waals surface area contributed by atoms with Gasteiger partial charge in [0.05, 0.1) is 36.7 Å². The third-order valence-electron chi connectivity index (χ3n) is 7.76. The lowest BCUT2D eigenvalue weighted by molar-refractivity contribution is 0.0265. The molecule has 11 nitrogen and oxygen atoms in total. The fourth-order valence-corrected chi connectivity index (χ4v) is 5.81. The average molecular weight is 564 g/mol. The molecule has 0 N–H and O–H groups in total. The minimum absolute atomic E-state index is 0.0398. The van der Waals surface area contributed by atoms with E-state index in [0.29, 0.717) is 30.0 Å². The normalized spacial score (nSPS) is 25.1. The number of likely N-dealkylation sites (tertiary alicyclic amines) is 1. The van der Waals surface area contributed by atoms with Gasteiger partial charge in [-0.2, -0.15) is 9.65 Å². The first-order chi connectivity index (χ1) is 19.5. The van der Waals surface area contributed by atoms with E-state index >= 15 is 4.39 Å². The van der Waals surface area contributed by atoms with Gasteiger partial charge in [-0.25, -0.2) is 18.7 Å². The second-order valence-electron chi connectivity index (χ2n) is 11.6. The van der Waals surface area contributed by atoms with Crippen LogP contribution in [0, 0.1) is 34.9 Å². The molecule has 1 saturated carbocycles. The molecule has 3 atom stereocenters. The van der Waals surface area contributed by atoms with Crippen LogP contribution in [-0.4, -0.2) is 68.4 Å². The third-order valence-corrected chi connectivity index (χ3v) is 7.76. The Morgan fingerprint density at radius 3 is 2.54 bits per heavy atom. The molecule has 2 amide bonds. The van der Waals surface area contributed by atoms with Crippen LogP contribution in [-0.2, 0) is 21.4 Å². The number of carbonyl (C=O) groups is 2. The van der Waals surface area contributed by atoms with Gasteiger partial charge in [0.1, 0.15) is 22.9 Å². The number of anilines is 1. The standard InChI is InChI=1S/C28H27F2N7O4/c1-27(2,3)41-25(38)35-12-20-21(13-35)28(20,15-31)23-7-4-16(9-32-23)19-6-5-17(8-22(19)29)37-11-18(40-26(37)39)10-36-14-24(30)33-34-36/h4-9,14,18,20-21H,10-13H2,1-3H3/t18-,20?,21?,28?/m0/s1. The molecule has 2 aromatic heterocycles. The first kappa shape index (κ1) is 26.6. The highest BCUT2D eigenvalue weighted by atomic mass is 19.1. The van der Waals surface area contributed by atoms with E-state index in [2.05, 4.69) is 21.4 Å². The number of hydrogen-bond acceptors (Lipinski definition) is 8. The number of nitrogens with zero attached hydrogens (tertiary/aromatic N) is 7. The molecular weight excluding hydrogens is 536 g/mol. The number of carbonyl (C=O) groups excluding carboxylic acids is 2. The Balaban J connectivity index is 1.13. The smallest absolute Gasteiger partial charge is 0.414 e. The Hall–Kier alpha value is -4.60. The lowest BCUT2D eigenvalue weighted by Gasteiger charge is -2.27. The summed E-state index contributed by atoms with van der Waals surface area (Å²) in [6, 6.07) is 10.3. The number of amides is 2. The van der Waals surface area contributed by atoms with Crippen molar-refractivity contribution in [3.05, 3.63) is 60.2 Å². The van der Waals surface area contributed by atoms with E-state index in [-0.39, 0.29) is 36.6 Å². The van der Waals surface area contributed by atoms with E-state index < -0.39 is 35.0 Å². The van der Waals surface area contributed by atoms with Gasteiger partial charge in [-0.05, 0) is 45.0 Å². The van der Waals surface area contributed by atoms with Crippen molar-refractivity contribution in [3.8, 4) is 17.2 Å². The number of piperidine rings is 1. The monoisotopic (exact) mass is 563 g/mol. The van der Waals surface area contributed by atoms with Crippen molar-refractivity contribution in [2.45, 2.75) is 44.4 Å². The Bertz CT molecular complexity index is 1550. The molecule has 2 aliphatic heterocycles. The number of halogens is 2. The summed E-state index contributed by atoms with van der Waals surface area (Å²) < 4.78 is 40.3. The molecule has 41 heavy (non-hydrogen) atoms. The maximum atomic E-state index is 15.2. The van der Waals surface area contributed by atoms with Gasteiger partial charge in [0.15, 0.2) is 0 Å². The van der Waals surface area contributed by atoms with E-state index in [1.807, 2.05) is 20.8 Å². The zero-order valence-corrected chi connectivity index (χ0v) is 22.6. The molecule has 6 rings (SSSR count). The van der Waals surface area contributed by atoms with Crippen LogP contribution in [0.4, 0.5) is 24.1 Å². The van der Waals surface area contributed by atoms with Crippen molar-refractivity contribution in [1.82, 2.24) is 24.9 Å². The SMILES string of the molecule is CC(C)(C)OC(=O)N1CC2C(C1)C2(C#N)c1ccc(-c2ccc(N3C[C@H](Cn4cc(F)nn4)OC3=O)cc2F)cn1. The molecule has 0 radical (unpaired) electrons. The molecule has 212 valence electrons. The highest BCUT2D eigenvalue weighted by Crippen LogP contribution is 2.62. The molecule has 2 saturated heterocycles. The van der Waals surface area contributed by atoms with Gasteiger partial charge in [-0.1, -0.05) is 16.4 Å². The Labute approximate surface area is 234 Å². The van der Waals surface area contributed by atoms with Crippen molar-refractivity contribution >= 4 is 17.9 Å². The molecule has 3 fully saturated rings. The molecular formula is C28H27F2N7O4. The maximum Gasteiger partial charge on any atom is 0.414 e. The summed E-state index contributed by atoms with van der Waals surface area (Å²) in [4.78, 5) is 32.3. The van der Waals surface area contributed by atoms with Crippen LogP contribution in [0.15, 0.2) is 42.7 Å². The second-order valence-corrected chi connectivity index (χ2v) is 11.6. The van der Waals surface area contributed by atoms with Gasteiger partial charge in [0, 0.05) is 42.2 Å². The largest absolute Gasteiger partial charge is 0.444 e. The van der Waals surface area contributed by atoms with Gasteiger partial charge in [-0.15, -0.1) is 0 Å². The Morgan fingerprint density at radius 1 is 1.20 bits per heavy atom. The number of hydrogen-bond donors (Lipinski definition) is 0. The number of benzene rings is 1. The van der Waals surface area contributed by atoms with Gasteiger partial charge in [-0.3, -0.25) is 9.88 Å². The fraction of sp³-hybridized carbons (Fsp3) is 0.429. The quantitative estimate of drug-likeness (QED) is 0.458. The third kappa shape index (κ3) is 4.73. The lowest BCUT2D eigenvalue weighted by atomic mass is 9.95. The van der Waals surface area contributed by atoms with Gasteiger partial charge in [0.2, 0.25) is 0 Å². The van der Waals surface area contributed by atoms with E-state index in [0.717, 1.165) is 6.20 Å². The maximum absolute atomic E-state index is 15.2. The van der Waals surface area contributed by atoms with E-state index in [4.69, 9.17) is 9.47 Å². The first-order valence-electron chi connectivity index (χ1n) is 13.2. The van der Waals surface area contributed by atoms with Crippen LogP contribution in [0.25, 0.3) is 11.1 Å². The predicted octanol–water partition coefficient (Wildman–Crippen LogP) is 3.90. The molecule has 4 heterocycles. The van der Waals surface area contributed by atoms with Crippen LogP contribution in [0.1, 0.15) is 26.5 Å². The van der Waals surface area contributed by atoms with Gasteiger partial charge in [0.25, 0.3) is 5.95 Å². The zero-order valence-electron chi connectivity index (χ0n) is 22.6. The number of cyclic esters (lactones) is 1. The molecule has 3 aliphatic rings. The number of nitriles is 1. The summed E-state index contributed by atoms with van der Waals surface area (Å²) in [5.41, 5.74) is 0.330. The topological polar surface area (TPSA) is 126 Å². The number of pyridine rings is 1. The van der Waals surface area contributed by atoms with Crippen LogP contribution in [0.2, 0.25) is 0 Å². The van der Waals surface area contributed by atoms with E-state index in [9.17, 15) is 19.2 Å². The summed E-state index contributed by atoms with van der Waals surface area (Å²) in [6.45, 7) is 6.52. The molecule has 1 aliphatic carbocycles. The summed E-state index contributed by atoms with van der Waals surface area (Å²) in [6.07, 6.45) is 0.993. The van der Waals surface area contributed by atoms with Gasteiger partial charge < -0.3 is 14.4 Å². The zero-order chi connectivity index (χ0) is 29.1. The first-order valence-corrected chi connectivity index (χ1v) is 13.2. The van der Waals surface area contributed by atoms with Crippen molar-refractivity contribution < 1.29 is 27.8 Å². The van der Waals surface area contributed by atoms with Crippen LogP contribution < -0.4 is 4.90 Å². The summed E-state index contributed by atoms with van der Waals surface area (Å²) in [5, 5.41) is 16.9. The molecule has 3 aromatic rings. The number of aromatic nitrogens is 4. The van der Waals surface area contributed by atoms with Crippen LogP contribution >= 0.6 is 0 Å². The van der Waals surface area contributed by atoms with E-state index in [1.165, 1.54) is 21.8 Å². The molecule has 13 heteroatoms. The van der Waals surface area contributed by atoms with Crippen LogP contribution in [0.5, 0.6) is 0 Å². The average Bonchev–Trinajstić information content (AvgIpc) is 3.34. The Kier molecular flexibility index (Phi) is 6.17. The number of rotatable bonds is 5. The van der Waals surface area contributed by atoms with Gasteiger partial charge >= 0.3 is 12.2 Å². The lowest BCUT2D eigenvalue weighted by Crippen LogP contribution is -2.39. The fourth-order valence-electron chi connectivity index (χ4n) is 5.81. The summed E-state index contributed by atoms with van der Waals surface area (Å²) >= 11 is 0. The number of ether oxygens (including phenoxy) is 2. The highest BCUT2D eigenvalue weighted by molar-refractivity contribution is 5.90. The molecule has 0 bridgehead atoms. The predicted molar refractivity (Wildman–Crippen MR) is 139 cm³/mol. The van der Waals surface area contributed by atoms with Crippen molar-refractivity contribution in [2.75, 3.05) is 24.5 Å². The minimum Gasteiger partial charge on any atom is -0.444 e. The van der Waals surface area contributed by atoms with Crippen molar-refractivity contribution in [2.24, 2.45) is 11.8 Å². The van der Waals surface area contributed by atoms with Crippen molar-refractivity contribution in [1.29, 1.82) is 5.26 Å². The molecule has 0 spiro atoms. The number of fused-ring (bicyclic) bond motifs is 1. The molecule has 1 aromatic carbocycles. The van der Waals surface area contributed by atoms with Crippen molar-refractivity contribution in [3.63, 3.8) is 0 Å². The van der Waals surface area contributed by atoms with E-state index in [1.54, 1.807) is 29.2 Å². The molecule has 2 unspecified atom stereocenters. The Morgan fingerprint density at radius 2 is 1.95 bits per heavy atom. The second kappa shape index (κ2) is 9.50. The summed E-state index contributed by atoms with van der Waals surface area (Å²) in [5.74, 6) is -1.37. The summed E-state index contributed by atoms with van der Waals surface area (Å²) in [7, 11) is 0. The minimum atomic E-state index is -0.788.